The number of pyridine rings is 1. The highest BCUT2D eigenvalue weighted by atomic mass is 19.4. The number of nitrogens with zero attached hydrogens (tertiary/aromatic N) is 4. The molecule has 0 bridgehead atoms. The van der Waals surface area contributed by atoms with Gasteiger partial charge in [-0.25, -0.2) is 4.98 Å². The van der Waals surface area contributed by atoms with Gasteiger partial charge in [0.15, 0.2) is 0 Å². The third-order valence-electron chi connectivity index (χ3n) is 4.20. The SMILES string of the molecule is O=[N+]([O-])c1ccc(N2CCC(Oc3ccc(C(F)(F)F)cn3)C2)c([N+](=O)[O-])c1. The molecule has 1 saturated heterocycles. The van der Waals surface area contributed by atoms with Gasteiger partial charge in [-0.15, -0.1) is 0 Å². The smallest absolute Gasteiger partial charge is 0.417 e. The standard InChI is InChI=1S/C16H13F3N4O5/c17-16(18,19)10-1-4-15(20-8-10)28-12-5-6-21(9-12)13-3-2-11(22(24)25)7-14(13)23(26)27/h1-4,7-8,12H,5-6,9H2. The first kappa shape index (κ1) is 19.3. The molecule has 28 heavy (non-hydrogen) atoms. The first-order chi connectivity index (χ1) is 13.1. The van der Waals surface area contributed by atoms with Crippen molar-refractivity contribution in [3.05, 3.63) is 62.3 Å². The summed E-state index contributed by atoms with van der Waals surface area (Å²) < 4.78 is 43.2. The van der Waals surface area contributed by atoms with Crippen LogP contribution >= 0.6 is 0 Å². The van der Waals surface area contributed by atoms with Crippen LogP contribution in [0.3, 0.4) is 0 Å². The van der Waals surface area contributed by atoms with Crippen molar-refractivity contribution in [1.29, 1.82) is 0 Å². The van der Waals surface area contributed by atoms with Gasteiger partial charge in [0.2, 0.25) is 5.88 Å². The van der Waals surface area contributed by atoms with E-state index in [9.17, 15) is 33.4 Å². The zero-order chi connectivity index (χ0) is 20.5. The molecule has 1 aromatic heterocycles. The normalized spacial score (nSPS) is 16.8. The van der Waals surface area contributed by atoms with Gasteiger partial charge < -0.3 is 9.64 Å². The zero-order valence-corrected chi connectivity index (χ0v) is 14.1. The lowest BCUT2D eigenvalue weighted by Crippen LogP contribution is -2.25. The van der Waals surface area contributed by atoms with Crippen molar-refractivity contribution >= 4 is 17.1 Å². The first-order valence-corrected chi connectivity index (χ1v) is 8.03. The number of hydrogen-bond donors (Lipinski definition) is 0. The molecule has 0 radical (unpaired) electrons. The minimum atomic E-state index is -4.50. The number of anilines is 1. The van der Waals surface area contributed by atoms with Crippen LogP contribution in [0.25, 0.3) is 0 Å². The second kappa shape index (κ2) is 7.29. The number of benzene rings is 1. The molecule has 1 aliphatic rings. The number of nitro benzene ring substituents is 2. The van der Waals surface area contributed by atoms with Gasteiger partial charge in [-0.1, -0.05) is 0 Å². The molecule has 3 rings (SSSR count). The van der Waals surface area contributed by atoms with E-state index < -0.39 is 39.1 Å². The van der Waals surface area contributed by atoms with E-state index in [4.69, 9.17) is 4.74 Å². The van der Waals surface area contributed by atoms with Gasteiger partial charge in [0.1, 0.15) is 11.8 Å². The number of non-ortho nitro benzene ring substituents is 1. The highest BCUT2D eigenvalue weighted by molar-refractivity contribution is 5.67. The Morgan fingerprint density at radius 2 is 1.89 bits per heavy atom. The maximum Gasteiger partial charge on any atom is 0.417 e. The number of ether oxygens (including phenoxy) is 1. The van der Waals surface area contributed by atoms with Crippen LogP contribution in [0.4, 0.5) is 30.2 Å². The fraction of sp³-hybridized carbons (Fsp3) is 0.312. The average Bonchev–Trinajstić information content (AvgIpc) is 3.09. The van der Waals surface area contributed by atoms with E-state index in [0.717, 1.165) is 18.2 Å². The first-order valence-electron chi connectivity index (χ1n) is 8.03. The lowest BCUT2D eigenvalue weighted by molar-refractivity contribution is -0.393. The summed E-state index contributed by atoms with van der Waals surface area (Å²) in [6, 6.07) is 5.33. The largest absolute Gasteiger partial charge is 0.472 e. The molecule has 2 aromatic rings. The van der Waals surface area contributed by atoms with Crippen LogP contribution in [0.2, 0.25) is 0 Å². The Labute approximate surface area is 155 Å². The van der Waals surface area contributed by atoms with Crippen LogP contribution < -0.4 is 9.64 Å². The Morgan fingerprint density at radius 1 is 1.14 bits per heavy atom. The molecule has 148 valence electrons. The Morgan fingerprint density at radius 3 is 2.46 bits per heavy atom. The summed E-state index contributed by atoms with van der Waals surface area (Å²) in [7, 11) is 0. The quantitative estimate of drug-likeness (QED) is 0.559. The van der Waals surface area contributed by atoms with Crippen molar-refractivity contribution < 1.29 is 27.8 Å². The fourth-order valence-corrected chi connectivity index (χ4v) is 2.87. The van der Waals surface area contributed by atoms with Crippen LogP contribution in [0.1, 0.15) is 12.0 Å². The van der Waals surface area contributed by atoms with E-state index in [-0.39, 0.29) is 18.1 Å². The zero-order valence-electron chi connectivity index (χ0n) is 14.1. The van der Waals surface area contributed by atoms with E-state index >= 15 is 0 Å². The number of alkyl halides is 3. The van der Waals surface area contributed by atoms with Crippen molar-refractivity contribution in [3.63, 3.8) is 0 Å². The number of hydrogen-bond acceptors (Lipinski definition) is 7. The molecule has 1 atom stereocenters. The Bertz CT molecular complexity index is 904. The van der Waals surface area contributed by atoms with Crippen LogP contribution in [0, 0.1) is 20.2 Å². The van der Waals surface area contributed by atoms with Gasteiger partial charge in [0.25, 0.3) is 11.4 Å². The molecule has 1 aromatic carbocycles. The van der Waals surface area contributed by atoms with Crippen LogP contribution in [-0.2, 0) is 6.18 Å². The van der Waals surface area contributed by atoms with Crippen molar-refractivity contribution in [2.75, 3.05) is 18.0 Å². The summed E-state index contributed by atoms with van der Waals surface area (Å²) in [5.41, 5.74) is -1.48. The molecule has 1 unspecified atom stereocenters. The van der Waals surface area contributed by atoms with Gasteiger partial charge in [-0.3, -0.25) is 20.2 Å². The maximum atomic E-state index is 12.6. The average molecular weight is 398 g/mol. The summed E-state index contributed by atoms with van der Waals surface area (Å²) in [5.74, 6) is 0.0121. The van der Waals surface area contributed by atoms with E-state index in [1.807, 2.05) is 0 Å². The molecule has 0 N–H and O–H groups in total. The Balaban J connectivity index is 1.72. The summed E-state index contributed by atoms with van der Waals surface area (Å²) in [6.45, 7) is 0.602. The van der Waals surface area contributed by atoms with Gasteiger partial charge >= 0.3 is 6.18 Å². The lowest BCUT2D eigenvalue weighted by atomic mass is 10.2. The van der Waals surface area contributed by atoms with Crippen LogP contribution in [0.15, 0.2) is 36.5 Å². The summed E-state index contributed by atoms with van der Waals surface area (Å²) in [5, 5.41) is 22.1. The van der Waals surface area contributed by atoms with Gasteiger partial charge in [0.05, 0.1) is 28.0 Å². The second-order valence-corrected chi connectivity index (χ2v) is 6.04. The molecule has 12 heteroatoms. The molecule has 2 heterocycles. The third-order valence-corrected chi connectivity index (χ3v) is 4.20. The fourth-order valence-electron chi connectivity index (χ4n) is 2.87. The van der Waals surface area contributed by atoms with Gasteiger partial charge in [0, 0.05) is 31.3 Å². The minimum Gasteiger partial charge on any atom is -0.472 e. The van der Waals surface area contributed by atoms with Gasteiger partial charge in [-0.05, 0) is 12.1 Å². The molecule has 0 saturated carbocycles. The number of aromatic nitrogens is 1. The topological polar surface area (TPSA) is 112 Å². The van der Waals surface area contributed by atoms with Crippen LogP contribution in [0.5, 0.6) is 5.88 Å². The molecule has 0 spiro atoms. The summed E-state index contributed by atoms with van der Waals surface area (Å²) in [4.78, 5) is 25.9. The summed E-state index contributed by atoms with van der Waals surface area (Å²) >= 11 is 0. The third kappa shape index (κ3) is 4.10. The molecular formula is C16H13F3N4O5. The molecular weight excluding hydrogens is 385 g/mol. The minimum absolute atomic E-state index is 0.0121. The van der Waals surface area contributed by atoms with Gasteiger partial charge in [-0.2, -0.15) is 13.2 Å². The van der Waals surface area contributed by atoms with Crippen LogP contribution in [-0.4, -0.2) is 34.0 Å². The molecule has 0 amide bonds. The number of halogens is 3. The number of rotatable bonds is 5. The van der Waals surface area contributed by atoms with Crippen molar-refractivity contribution in [2.24, 2.45) is 0 Å². The Hall–Kier alpha value is -3.44. The Kier molecular flexibility index (Phi) is 5.03. The van der Waals surface area contributed by atoms with Crippen molar-refractivity contribution in [1.82, 2.24) is 4.98 Å². The molecule has 1 aliphatic heterocycles. The monoisotopic (exact) mass is 398 g/mol. The highest BCUT2D eigenvalue weighted by Gasteiger charge is 2.32. The maximum absolute atomic E-state index is 12.6. The molecule has 9 nitrogen and oxygen atoms in total. The van der Waals surface area contributed by atoms with E-state index in [2.05, 4.69) is 4.98 Å². The van der Waals surface area contributed by atoms with Crippen molar-refractivity contribution in [2.45, 2.75) is 18.7 Å². The number of nitro groups is 2. The highest BCUT2D eigenvalue weighted by Crippen LogP contribution is 2.35. The second-order valence-electron chi connectivity index (χ2n) is 6.04. The predicted octanol–water partition coefficient (Wildman–Crippen LogP) is 3.57. The lowest BCUT2D eigenvalue weighted by Gasteiger charge is -2.18. The predicted molar refractivity (Wildman–Crippen MR) is 90.2 cm³/mol. The van der Waals surface area contributed by atoms with E-state index in [1.165, 1.54) is 12.1 Å². The summed E-state index contributed by atoms with van der Waals surface area (Å²) in [6.07, 6.45) is -3.82. The van der Waals surface area contributed by atoms with E-state index in [1.54, 1.807) is 4.90 Å². The molecule has 0 aliphatic carbocycles. The van der Waals surface area contributed by atoms with Crippen molar-refractivity contribution in [3.8, 4) is 5.88 Å². The van der Waals surface area contributed by atoms with E-state index in [0.29, 0.717) is 19.2 Å². The molecule has 1 fully saturated rings.